The Balaban J connectivity index is 2.58. The minimum atomic E-state index is 0.503. The van der Waals surface area contributed by atoms with E-state index in [-0.39, 0.29) is 0 Å². The standard InChI is InChI=1S/C12H13ClN2O/c1-3-15-10(8-14-12(15)13)9-6-4-5-7-11(9)16-2/h4-8H,3H2,1-2H3. The maximum absolute atomic E-state index is 6.00. The van der Waals surface area contributed by atoms with Crippen molar-refractivity contribution in [3.8, 4) is 17.0 Å². The van der Waals surface area contributed by atoms with Gasteiger partial charge in [-0.2, -0.15) is 0 Å². The van der Waals surface area contributed by atoms with Crippen LogP contribution in [0.15, 0.2) is 30.5 Å². The van der Waals surface area contributed by atoms with E-state index in [2.05, 4.69) is 4.98 Å². The Kier molecular flexibility index (Phi) is 3.15. The van der Waals surface area contributed by atoms with Crippen LogP contribution in [0.5, 0.6) is 5.75 Å². The molecule has 0 aliphatic carbocycles. The number of halogens is 1. The van der Waals surface area contributed by atoms with Crippen LogP contribution in [0.3, 0.4) is 0 Å². The molecule has 0 bridgehead atoms. The number of methoxy groups -OCH3 is 1. The lowest BCUT2D eigenvalue weighted by Crippen LogP contribution is -1.98. The van der Waals surface area contributed by atoms with Crippen molar-refractivity contribution in [1.82, 2.24) is 9.55 Å². The molecule has 84 valence electrons. The molecule has 0 fully saturated rings. The largest absolute Gasteiger partial charge is 0.496 e. The molecule has 0 saturated heterocycles. The van der Waals surface area contributed by atoms with E-state index in [0.717, 1.165) is 23.6 Å². The number of hydrogen-bond acceptors (Lipinski definition) is 2. The molecule has 0 aliphatic rings. The number of rotatable bonds is 3. The van der Waals surface area contributed by atoms with Gasteiger partial charge in [0.25, 0.3) is 0 Å². The van der Waals surface area contributed by atoms with Gasteiger partial charge in [-0.05, 0) is 30.7 Å². The number of hydrogen-bond donors (Lipinski definition) is 0. The van der Waals surface area contributed by atoms with Gasteiger partial charge in [0, 0.05) is 12.1 Å². The normalized spacial score (nSPS) is 10.4. The fourth-order valence-electron chi connectivity index (χ4n) is 1.73. The fourth-order valence-corrected chi connectivity index (χ4v) is 1.98. The van der Waals surface area contributed by atoms with E-state index in [0.29, 0.717) is 5.28 Å². The van der Waals surface area contributed by atoms with Gasteiger partial charge in [-0.3, -0.25) is 0 Å². The van der Waals surface area contributed by atoms with E-state index >= 15 is 0 Å². The predicted molar refractivity (Wildman–Crippen MR) is 64.9 cm³/mol. The molecule has 1 aromatic heterocycles. The lowest BCUT2D eigenvalue weighted by Gasteiger charge is -2.10. The maximum Gasteiger partial charge on any atom is 0.203 e. The van der Waals surface area contributed by atoms with Gasteiger partial charge in [0.2, 0.25) is 5.28 Å². The summed E-state index contributed by atoms with van der Waals surface area (Å²) in [7, 11) is 1.66. The van der Waals surface area contributed by atoms with Gasteiger partial charge < -0.3 is 9.30 Å². The lowest BCUT2D eigenvalue weighted by atomic mass is 10.1. The highest BCUT2D eigenvalue weighted by atomic mass is 35.5. The van der Waals surface area contributed by atoms with Crippen molar-refractivity contribution in [2.45, 2.75) is 13.5 Å². The Hall–Kier alpha value is -1.48. The molecule has 16 heavy (non-hydrogen) atoms. The Morgan fingerprint density at radius 2 is 2.12 bits per heavy atom. The van der Waals surface area contributed by atoms with Crippen LogP contribution < -0.4 is 4.74 Å². The first-order valence-electron chi connectivity index (χ1n) is 5.12. The average Bonchev–Trinajstić information content (AvgIpc) is 2.70. The zero-order valence-corrected chi connectivity index (χ0v) is 10.0. The molecule has 4 heteroatoms. The summed E-state index contributed by atoms with van der Waals surface area (Å²) >= 11 is 6.00. The van der Waals surface area contributed by atoms with E-state index in [1.54, 1.807) is 13.3 Å². The third-order valence-electron chi connectivity index (χ3n) is 2.51. The summed E-state index contributed by atoms with van der Waals surface area (Å²) in [6.45, 7) is 2.82. The van der Waals surface area contributed by atoms with Gasteiger partial charge in [-0.25, -0.2) is 4.98 Å². The molecule has 0 atom stereocenters. The topological polar surface area (TPSA) is 27.1 Å². The third-order valence-corrected chi connectivity index (χ3v) is 2.81. The van der Waals surface area contributed by atoms with E-state index < -0.39 is 0 Å². The molecular weight excluding hydrogens is 224 g/mol. The van der Waals surface area contributed by atoms with Crippen LogP contribution in [-0.4, -0.2) is 16.7 Å². The summed E-state index contributed by atoms with van der Waals surface area (Å²) in [5.41, 5.74) is 1.98. The SMILES string of the molecule is CCn1c(-c2ccccc2OC)cnc1Cl. The van der Waals surface area contributed by atoms with Crippen LogP contribution in [0.2, 0.25) is 5.28 Å². The van der Waals surface area contributed by atoms with Crippen molar-refractivity contribution in [3.63, 3.8) is 0 Å². The molecule has 2 aromatic rings. The highest BCUT2D eigenvalue weighted by molar-refractivity contribution is 6.28. The number of nitrogens with zero attached hydrogens (tertiary/aromatic N) is 2. The molecule has 1 heterocycles. The van der Waals surface area contributed by atoms with Gasteiger partial charge in [0.15, 0.2) is 0 Å². The van der Waals surface area contributed by atoms with Gasteiger partial charge >= 0.3 is 0 Å². The number of para-hydroxylation sites is 1. The summed E-state index contributed by atoms with van der Waals surface area (Å²) in [4.78, 5) is 4.11. The predicted octanol–water partition coefficient (Wildman–Crippen LogP) is 3.23. The van der Waals surface area contributed by atoms with E-state index in [4.69, 9.17) is 16.3 Å². The van der Waals surface area contributed by atoms with Crippen molar-refractivity contribution < 1.29 is 4.74 Å². The first kappa shape index (κ1) is 11.0. The van der Waals surface area contributed by atoms with E-state index in [1.165, 1.54) is 0 Å². The minimum absolute atomic E-state index is 0.503. The third kappa shape index (κ3) is 1.78. The lowest BCUT2D eigenvalue weighted by molar-refractivity contribution is 0.416. The first-order chi connectivity index (χ1) is 7.77. The van der Waals surface area contributed by atoms with Crippen molar-refractivity contribution >= 4 is 11.6 Å². The van der Waals surface area contributed by atoms with Crippen molar-refractivity contribution in [1.29, 1.82) is 0 Å². The Morgan fingerprint density at radius 1 is 1.38 bits per heavy atom. The van der Waals surface area contributed by atoms with Crippen LogP contribution >= 0.6 is 11.6 Å². The zero-order chi connectivity index (χ0) is 11.5. The van der Waals surface area contributed by atoms with Crippen LogP contribution in [-0.2, 0) is 6.54 Å². The summed E-state index contributed by atoms with van der Waals surface area (Å²) in [6.07, 6.45) is 1.77. The van der Waals surface area contributed by atoms with Crippen molar-refractivity contribution in [2.24, 2.45) is 0 Å². The van der Waals surface area contributed by atoms with E-state index in [9.17, 15) is 0 Å². The van der Waals surface area contributed by atoms with E-state index in [1.807, 2.05) is 35.8 Å². The Morgan fingerprint density at radius 3 is 2.81 bits per heavy atom. The van der Waals surface area contributed by atoms with Crippen LogP contribution in [0.4, 0.5) is 0 Å². The summed E-state index contributed by atoms with van der Waals surface area (Å²) in [5, 5.41) is 0.503. The molecule has 0 aliphatic heterocycles. The quantitative estimate of drug-likeness (QED) is 0.818. The zero-order valence-electron chi connectivity index (χ0n) is 9.27. The fraction of sp³-hybridized carbons (Fsp3) is 0.250. The molecule has 0 radical (unpaired) electrons. The van der Waals surface area contributed by atoms with Gasteiger partial charge in [0.1, 0.15) is 5.75 Å². The number of imidazole rings is 1. The second-order valence-corrected chi connectivity index (χ2v) is 3.70. The number of ether oxygens (including phenoxy) is 1. The molecule has 0 N–H and O–H groups in total. The summed E-state index contributed by atoms with van der Waals surface area (Å²) < 4.78 is 7.27. The highest BCUT2D eigenvalue weighted by Crippen LogP contribution is 2.31. The maximum atomic E-state index is 6.00. The Bertz CT molecular complexity index is 494. The van der Waals surface area contributed by atoms with Gasteiger partial charge in [-0.15, -0.1) is 0 Å². The highest BCUT2D eigenvalue weighted by Gasteiger charge is 2.12. The monoisotopic (exact) mass is 236 g/mol. The number of benzene rings is 1. The molecule has 3 nitrogen and oxygen atoms in total. The summed E-state index contributed by atoms with van der Waals surface area (Å²) in [5.74, 6) is 0.828. The van der Waals surface area contributed by atoms with Crippen molar-refractivity contribution in [3.05, 3.63) is 35.7 Å². The minimum Gasteiger partial charge on any atom is -0.496 e. The molecule has 0 amide bonds. The second kappa shape index (κ2) is 4.58. The molecule has 1 aromatic carbocycles. The van der Waals surface area contributed by atoms with Gasteiger partial charge in [0.05, 0.1) is 19.0 Å². The molecule has 0 unspecified atom stereocenters. The molecule has 0 spiro atoms. The summed E-state index contributed by atoms with van der Waals surface area (Å²) in [6, 6.07) is 7.84. The number of aromatic nitrogens is 2. The van der Waals surface area contributed by atoms with Crippen molar-refractivity contribution in [2.75, 3.05) is 7.11 Å². The second-order valence-electron chi connectivity index (χ2n) is 3.36. The Labute approximate surface area is 99.6 Å². The molecule has 2 rings (SSSR count). The first-order valence-corrected chi connectivity index (χ1v) is 5.50. The molecule has 0 saturated carbocycles. The van der Waals surface area contributed by atoms with Gasteiger partial charge in [-0.1, -0.05) is 12.1 Å². The van der Waals surface area contributed by atoms with Crippen LogP contribution in [0.25, 0.3) is 11.3 Å². The smallest absolute Gasteiger partial charge is 0.203 e. The average molecular weight is 237 g/mol. The molecular formula is C12H13ClN2O. The van der Waals surface area contributed by atoms with Crippen LogP contribution in [0, 0.1) is 0 Å². The van der Waals surface area contributed by atoms with Crippen LogP contribution in [0.1, 0.15) is 6.92 Å².